The van der Waals surface area contributed by atoms with Gasteiger partial charge in [0, 0.05) is 18.5 Å². The van der Waals surface area contributed by atoms with E-state index in [-0.39, 0.29) is 5.02 Å². The number of aromatic nitrogens is 2. The number of nitrogen functional groups attached to an aromatic ring is 1. The van der Waals surface area contributed by atoms with E-state index in [2.05, 4.69) is 18.8 Å². The van der Waals surface area contributed by atoms with Crippen LogP contribution < -0.4 is 5.73 Å². The summed E-state index contributed by atoms with van der Waals surface area (Å²) in [7, 11) is 0. The zero-order valence-electron chi connectivity index (χ0n) is 11.8. The largest absolute Gasteiger partial charge is 0.383 e. The minimum absolute atomic E-state index is 0.0870. The summed E-state index contributed by atoms with van der Waals surface area (Å²) in [5.74, 6) is 0.947. The Hall–Kier alpha value is -1.55. The third kappa shape index (κ3) is 2.66. The van der Waals surface area contributed by atoms with Crippen LogP contribution in [0.3, 0.4) is 0 Å². The highest BCUT2D eigenvalue weighted by Crippen LogP contribution is 2.32. The number of hydrogen-bond donors (Lipinski definition) is 1. The quantitative estimate of drug-likeness (QED) is 0.894. The predicted molar refractivity (Wildman–Crippen MR) is 81.3 cm³/mol. The SMILES string of the molecule is CCCc1nc(-c2cccc(Cl)c2F)c(N)n1CCC. The highest BCUT2D eigenvalue weighted by molar-refractivity contribution is 6.31. The molecule has 0 aliphatic rings. The van der Waals surface area contributed by atoms with Crippen molar-refractivity contribution < 1.29 is 4.39 Å². The standard InChI is InChI=1S/C15H19ClFN3/c1-3-6-12-19-14(15(18)20(12)9-4-2)10-7-5-8-11(16)13(10)17/h5,7-8H,3-4,6,9,18H2,1-2H3. The van der Waals surface area contributed by atoms with E-state index in [1.807, 2.05) is 4.57 Å². The third-order valence-corrected chi connectivity index (χ3v) is 3.51. The van der Waals surface area contributed by atoms with Gasteiger partial charge in [-0.05, 0) is 25.0 Å². The Morgan fingerprint density at radius 1 is 1.30 bits per heavy atom. The monoisotopic (exact) mass is 295 g/mol. The van der Waals surface area contributed by atoms with E-state index in [0.717, 1.165) is 31.6 Å². The van der Waals surface area contributed by atoms with Crippen LogP contribution in [0.4, 0.5) is 10.2 Å². The Morgan fingerprint density at radius 2 is 2.05 bits per heavy atom. The summed E-state index contributed by atoms with van der Waals surface area (Å²) in [6, 6.07) is 4.89. The highest BCUT2D eigenvalue weighted by atomic mass is 35.5. The smallest absolute Gasteiger partial charge is 0.151 e. The topological polar surface area (TPSA) is 43.8 Å². The first kappa shape index (κ1) is 14.9. The van der Waals surface area contributed by atoms with Crippen molar-refractivity contribution in [3.05, 3.63) is 34.9 Å². The van der Waals surface area contributed by atoms with Gasteiger partial charge in [-0.15, -0.1) is 0 Å². The molecule has 20 heavy (non-hydrogen) atoms. The molecule has 0 saturated carbocycles. The van der Waals surface area contributed by atoms with Gasteiger partial charge in [0.05, 0.1) is 5.02 Å². The number of imidazole rings is 1. The van der Waals surface area contributed by atoms with Crippen LogP contribution in [0.25, 0.3) is 11.3 Å². The molecule has 0 unspecified atom stereocenters. The number of aryl methyl sites for hydroxylation is 1. The van der Waals surface area contributed by atoms with Crippen LogP contribution in [0.1, 0.15) is 32.5 Å². The molecule has 0 atom stereocenters. The number of benzene rings is 1. The number of anilines is 1. The van der Waals surface area contributed by atoms with Crippen molar-refractivity contribution >= 4 is 17.4 Å². The molecular formula is C15H19ClFN3. The van der Waals surface area contributed by atoms with Gasteiger partial charge in [-0.2, -0.15) is 0 Å². The summed E-state index contributed by atoms with van der Waals surface area (Å²) < 4.78 is 16.1. The van der Waals surface area contributed by atoms with Gasteiger partial charge in [0.1, 0.15) is 17.3 Å². The summed E-state index contributed by atoms with van der Waals surface area (Å²) in [6.45, 7) is 4.95. The van der Waals surface area contributed by atoms with Crippen molar-refractivity contribution in [1.82, 2.24) is 9.55 Å². The molecule has 3 nitrogen and oxygen atoms in total. The van der Waals surface area contributed by atoms with E-state index < -0.39 is 5.82 Å². The maximum atomic E-state index is 14.1. The van der Waals surface area contributed by atoms with Gasteiger partial charge in [-0.25, -0.2) is 9.37 Å². The van der Waals surface area contributed by atoms with Crippen LogP contribution in [0.15, 0.2) is 18.2 Å². The van der Waals surface area contributed by atoms with Crippen molar-refractivity contribution in [3.8, 4) is 11.3 Å². The van der Waals surface area contributed by atoms with Gasteiger partial charge in [0.25, 0.3) is 0 Å². The van der Waals surface area contributed by atoms with E-state index in [1.165, 1.54) is 6.07 Å². The third-order valence-electron chi connectivity index (χ3n) is 3.21. The molecule has 5 heteroatoms. The molecule has 0 amide bonds. The van der Waals surface area contributed by atoms with E-state index in [0.29, 0.717) is 17.1 Å². The molecule has 0 aliphatic heterocycles. The lowest BCUT2D eigenvalue weighted by molar-refractivity contribution is 0.631. The summed E-state index contributed by atoms with van der Waals surface area (Å²) in [6.07, 6.45) is 2.75. The number of hydrogen-bond acceptors (Lipinski definition) is 2. The first-order valence-electron chi connectivity index (χ1n) is 6.89. The molecule has 0 fully saturated rings. The second-order valence-electron chi connectivity index (χ2n) is 4.76. The molecule has 1 aromatic carbocycles. The van der Waals surface area contributed by atoms with Gasteiger partial charge in [-0.1, -0.05) is 31.5 Å². The molecule has 0 bridgehead atoms. The summed E-state index contributed by atoms with van der Waals surface area (Å²) in [5.41, 5.74) is 7.01. The first-order valence-corrected chi connectivity index (χ1v) is 7.27. The summed E-state index contributed by atoms with van der Waals surface area (Å²) in [4.78, 5) is 4.53. The van der Waals surface area contributed by atoms with Gasteiger partial charge in [-0.3, -0.25) is 0 Å². The second-order valence-corrected chi connectivity index (χ2v) is 5.17. The lowest BCUT2D eigenvalue weighted by Gasteiger charge is -2.07. The van der Waals surface area contributed by atoms with Crippen LogP contribution in [0, 0.1) is 5.82 Å². The normalized spacial score (nSPS) is 11.0. The summed E-state index contributed by atoms with van der Waals surface area (Å²) in [5, 5.41) is 0.0870. The van der Waals surface area contributed by atoms with E-state index >= 15 is 0 Å². The fourth-order valence-electron chi connectivity index (χ4n) is 2.29. The predicted octanol–water partition coefficient (Wildman–Crippen LogP) is 4.29. The maximum absolute atomic E-state index is 14.1. The van der Waals surface area contributed by atoms with Crippen LogP contribution in [-0.2, 0) is 13.0 Å². The molecule has 0 spiro atoms. The fourth-order valence-corrected chi connectivity index (χ4v) is 2.46. The Balaban J connectivity index is 2.57. The highest BCUT2D eigenvalue weighted by Gasteiger charge is 2.19. The Kier molecular flexibility index (Phi) is 4.65. The maximum Gasteiger partial charge on any atom is 0.151 e. The zero-order valence-corrected chi connectivity index (χ0v) is 12.5. The molecule has 2 aromatic rings. The number of nitrogens with zero attached hydrogens (tertiary/aromatic N) is 2. The Morgan fingerprint density at radius 3 is 2.70 bits per heavy atom. The molecule has 0 saturated heterocycles. The molecule has 0 radical (unpaired) electrons. The lowest BCUT2D eigenvalue weighted by Crippen LogP contribution is -2.06. The molecule has 1 aromatic heterocycles. The average Bonchev–Trinajstić information content (AvgIpc) is 2.72. The zero-order chi connectivity index (χ0) is 14.7. The van der Waals surface area contributed by atoms with Crippen LogP contribution in [-0.4, -0.2) is 9.55 Å². The molecule has 1 heterocycles. The minimum Gasteiger partial charge on any atom is -0.383 e. The average molecular weight is 296 g/mol. The molecule has 108 valence electrons. The molecule has 2 N–H and O–H groups in total. The molecule has 0 aliphatic carbocycles. The van der Waals surface area contributed by atoms with E-state index in [4.69, 9.17) is 17.3 Å². The van der Waals surface area contributed by atoms with E-state index in [9.17, 15) is 4.39 Å². The first-order chi connectivity index (χ1) is 9.60. The van der Waals surface area contributed by atoms with Gasteiger partial charge >= 0.3 is 0 Å². The van der Waals surface area contributed by atoms with Crippen molar-refractivity contribution in [1.29, 1.82) is 0 Å². The van der Waals surface area contributed by atoms with Crippen LogP contribution in [0.2, 0.25) is 5.02 Å². The van der Waals surface area contributed by atoms with E-state index in [1.54, 1.807) is 12.1 Å². The van der Waals surface area contributed by atoms with Crippen molar-refractivity contribution in [3.63, 3.8) is 0 Å². The molecule has 2 rings (SSSR count). The minimum atomic E-state index is -0.468. The Labute approximate surface area is 123 Å². The van der Waals surface area contributed by atoms with Crippen molar-refractivity contribution in [2.75, 3.05) is 5.73 Å². The van der Waals surface area contributed by atoms with Gasteiger partial charge < -0.3 is 10.3 Å². The lowest BCUT2D eigenvalue weighted by atomic mass is 10.1. The van der Waals surface area contributed by atoms with Gasteiger partial charge in [0.15, 0.2) is 5.82 Å². The van der Waals surface area contributed by atoms with Crippen LogP contribution >= 0.6 is 11.6 Å². The fraction of sp³-hybridized carbons (Fsp3) is 0.400. The van der Waals surface area contributed by atoms with Crippen molar-refractivity contribution in [2.24, 2.45) is 0 Å². The number of nitrogens with two attached hydrogens (primary N) is 1. The van der Waals surface area contributed by atoms with Gasteiger partial charge in [0.2, 0.25) is 0 Å². The summed E-state index contributed by atoms with van der Waals surface area (Å²) >= 11 is 5.83. The van der Waals surface area contributed by atoms with Crippen molar-refractivity contribution in [2.45, 2.75) is 39.7 Å². The number of halogens is 2. The van der Waals surface area contributed by atoms with Crippen LogP contribution in [0.5, 0.6) is 0 Å². The second kappa shape index (κ2) is 6.27. The number of rotatable bonds is 5. The Bertz CT molecular complexity index is 607. The molecular weight excluding hydrogens is 277 g/mol.